The summed E-state index contributed by atoms with van der Waals surface area (Å²) in [4.78, 5) is 18.4. The first-order valence-corrected chi connectivity index (χ1v) is 10.8. The zero-order valence-corrected chi connectivity index (χ0v) is 17.7. The number of anilines is 2. The predicted molar refractivity (Wildman–Crippen MR) is 112 cm³/mol. The molecule has 1 amide bonds. The van der Waals surface area contributed by atoms with Crippen molar-refractivity contribution in [2.24, 2.45) is 0 Å². The van der Waals surface area contributed by atoms with E-state index in [0.717, 1.165) is 16.8 Å². The van der Waals surface area contributed by atoms with Crippen LogP contribution < -0.4 is 10.2 Å². The van der Waals surface area contributed by atoms with Gasteiger partial charge in [-0.15, -0.1) is 0 Å². The Bertz CT molecular complexity index is 970. The van der Waals surface area contributed by atoms with Crippen molar-refractivity contribution in [3.8, 4) is 0 Å². The molecule has 1 N–H and O–H groups in total. The summed E-state index contributed by atoms with van der Waals surface area (Å²) in [6.45, 7) is 5.46. The van der Waals surface area contributed by atoms with Gasteiger partial charge in [0.05, 0.1) is 19.8 Å². The molecule has 2 aromatic rings. The standard InChI is InChI=1S/C20H26N4O4S/c1-15-4-5-16(2)18(12-15)22-20(25)14-23(3)19-7-6-17(13-21-19)29(26,27)24-8-10-28-11-9-24/h4-7,12-13H,8-11,14H2,1-3H3,(H,22,25). The van der Waals surface area contributed by atoms with E-state index in [1.54, 1.807) is 18.0 Å². The molecule has 0 spiro atoms. The number of sulfonamides is 1. The number of ether oxygens (including phenoxy) is 1. The highest BCUT2D eigenvalue weighted by atomic mass is 32.2. The van der Waals surface area contributed by atoms with Gasteiger partial charge in [0.1, 0.15) is 10.7 Å². The van der Waals surface area contributed by atoms with Crippen molar-refractivity contribution >= 4 is 27.4 Å². The van der Waals surface area contributed by atoms with Crippen molar-refractivity contribution in [2.45, 2.75) is 18.7 Å². The first-order chi connectivity index (χ1) is 13.8. The van der Waals surface area contributed by atoms with Crippen LogP contribution in [0.5, 0.6) is 0 Å². The number of nitrogens with one attached hydrogen (secondary N) is 1. The van der Waals surface area contributed by atoms with Crippen molar-refractivity contribution < 1.29 is 17.9 Å². The number of pyridine rings is 1. The van der Waals surface area contributed by atoms with Crippen LogP contribution in [0.25, 0.3) is 0 Å². The molecule has 0 atom stereocenters. The molecule has 1 aliphatic rings. The Morgan fingerprint density at radius 3 is 2.59 bits per heavy atom. The van der Waals surface area contributed by atoms with Gasteiger partial charge in [-0.1, -0.05) is 12.1 Å². The number of amides is 1. The number of morpholine rings is 1. The van der Waals surface area contributed by atoms with E-state index in [2.05, 4.69) is 10.3 Å². The van der Waals surface area contributed by atoms with Crippen LogP contribution in [0.15, 0.2) is 41.4 Å². The lowest BCUT2D eigenvalue weighted by atomic mass is 10.1. The molecule has 1 aliphatic heterocycles. The zero-order valence-electron chi connectivity index (χ0n) is 16.9. The van der Waals surface area contributed by atoms with Crippen LogP contribution in [0, 0.1) is 13.8 Å². The van der Waals surface area contributed by atoms with Crippen molar-refractivity contribution in [3.63, 3.8) is 0 Å². The van der Waals surface area contributed by atoms with Crippen molar-refractivity contribution in [2.75, 3.05) is 50.1 Å². The van der Waals surface area contributed by atoms with E-state index in [1.165, 1.54) is 16.6 Å². The van der Waals surface area contributed by atoms with Crippen molar-refractivity contribution in [1.29, 1.82) is 0 Å². The molecule has 0 saturated carbocycles. The highest BCUT2D eigenvalue weighted by Gasteiger charge is 2.26. The molecule has 0 bridgehead atoms. The topological polar surface area (TPSA) is 91.8 Å². The van der Waals surface area contributed by atoms with E-state index in [-0.39, 0.29) is 17.3 Å². The summed E-state index contributed by atoms with van der Waals surface area (Å²) < 4.78 is 31.9. The predicted octanol–water partition coefficient (Wildman–Crippen LogP) is 1.79. The second kappa shape index (κ2) is 8.89. The van der Waals surface area contributed by atoms with E-state index >= 15 is 0 Å². The Labute approximate surface area is 171 Å². The van der Waals surface area contributed by atoms with Gasteiger partial charge < -0.3 is 15.0 Å². The minimum Gasteiger partial charge on any atom is -0.379 e. The molecule has 0 radical (unpaired) electrons. The number of rotatable bonds is 6. The average Bonchev–Trinajstić information content (AvgIpc) is 2.71. The van der Waals surface area contributed by atoms with Gasteiger partial charge in [-0.2, -0.15) is 4.31 Å². The largest absolute Gasteiger partial charge is 0.379 e. The van der Waals surface area contributed by atoms with Crippen LogP contribution in [0.2, 0.25) is 0 Å². The Hall–Kier alpha value is -2.49. The fourth-order valence-corrected chi connectivity index (χ4v) is 4.40. The molecule has 0 unspecified atom stereocenters. The average molecular weight is 419 g/mol. The number of hydrogen-bond acceptors (Lipinski definition) is 6. The molecule has 1 fully saturated rings. The quantitative estimate of drug-likeness (QED) is 0.769. The summed E-state index contributed by atoms with van der Waals surface area (Å²) in [6.07, 6.45) is 1.33. The molecule has 8 nitrogen and oxygen atoms in total. The third-order valence-corrected chi connectivity index (χ3v) is 6.65. The molecular weight excluding hydrogens is 392 g/mol. The van der Waals surface area contributed by atoms with E-state index < -0.39 is 10.0 Å². The molecule has 156 valence electrons. The number of aromatic nitrogens is 1. The zero-order chi connectivity index (χ0) is 21.0. The molecule has 2 heterocycles. The summed E-state index contributed by atoms with van der Waals surface area (Å²) in [5, 5.41) is 2.91. The number of hydrogen-bond donors (Lipinski definition) is 1. The van der Waals surface area contributed by atoms with E-state index in [0.29, 0.717) is 32.1 Å². The van der Waals surface area contributed by atoms with Crippen LogP contribution in [0.3, 0.4) is 0 Å². The van der Waals surface area contributed by atoms with Crippen LogP contribution in [0.1, 0.15) is 11.1 Å². The van der Waals surface area contributed by atoms with Gasteiger partial charge in [0, 0.05) is 32.0 Å². The van der Waals surface area contributed by atoms with Gasteiger partial charge in [0.25, 0.3) is 0 Å². The number of aryl methyl sites for hydroxylation is 2. The van der Waals surface area contributed by atoms with Crippen molar-refractivity contribution in [1.82, 2.24) is 9.29 Å². The van der Waals surface area contributed by atoms with E-state index in [9.17, 15) is 13.2 Å². The Balaban J connectivity index is 1.64. The van der Waals surface area contributed by atoms with Crippen LogP contribution >= 0.6 is 0 Å². The Morgan fingerprint density at radius 2 is 1.93 bits per heavy atom. The lowest BCUT2D eigenvalue weighted by molar-refractivity contribution is -0.114. The van der Waals surface area contributed by atoms with Crippen molar-refractivity contribution in [3.05, 3.63) is 47.7 Å². The first-order valence-electron chi connectivity index (χ1n) is 9.39. The SMILES string of the molecule is Cc1ccc(C)c(NC(=O)CN(C)c2ccc(S(=O)(=O)N3CCOCC3)cn2)c1. The summed E-state index contributed by atoms with van der Waals surface area (Å²) in [7, 11) is -1.85. The molecular formula is C20H26N4O4S. The first kappa shape index (κ1) is 21.2. The van der Waals surface area contributed by atoms with Crippen LogP contribution in [-0.4, -0.2) is 63.5 Å². The summed E-state index contributed by atoms with van der Waals surface area (Å²) in [5.41, 5.74) is 2.84. The fourth-order valence-electron chi connectivity index (χ4n) is 3.04. The number of benzene rings is 1. The minimum absolute atomic E-state index is 0.0932. The molecule has 9 heteroatoms. The maximum Gasteiger partial charge on any atom is 0.244 e. The van der Waals surface area contributed by atoms with E-state index in [1.807, 2.05) is 32.0 Å². The minimum atomic E-state index is -3.58. The summed E-state index contributed by atoms with van der Waals surface area (Å²) in [6, 6.07) is 9.01. The Kier molecular flexibility index (Phi) is 6.51. The highest BCUT2D eigenvalue weighted by molar-refractivity contribution is 7.89. The lowest BCUT2D eigenvalue weighted by Crippen LogP contribution is -2.40. The number of likely N-dealkylation sites (N-methyl/N-ethyl adjacent to an activating group) is 1. The number of nitrogens with zero attached hydrogens (tertiary/aromatic N) is 3. The van der Waals surface area contributed by atoms with Gasteiger partial charge in [0.15, 0.2) is 0 Å². The monoisotopic (exact) mass is 418 g/mol. The third kappa shape index (κ3) is 5.11. The summed E-state index contributed by atoms with van der Waals surface area (Å²) >= 11 is 0. The molecule has 0 aliphatic carbocycles. The van der Waals surface area contributed by atoms with Gasteiger partial charge in [-0.3, -0.25) is 4.79 Å². The van der Waals surface area contributed by atoms with E-state index in [4.69, 9.17) is 4.74 Å². The number of carbonyl (C=O) groups is 1. The van der Waals surface area contributed by atoms with Crippen LogP contribution in [0.4, 0.5) is 11.5 Å². The maximum absolute atomic E-state index is 12.7. The third-order valence-electron chi connectivity index (χ3n) is 4.77. The van der Waals surface area contributed by atoms with Gasteiger partial charge >= 0.3 is 0 Å². The smallest absolute Gasteiger partial charge is 0.244 e. The Morgan fingerprint density at radius 1 is 1.21 bits per heavy atom. The van der Waals surface area contributed by atoms with Gasteiger partial charge in [-0.25, -0.2) is 13.4 Å². The molecule has 29 heavy (non-hydrogen) atoms. The molecule has 1 aromatic heterocycles. The lowest BCUT2D eigenvalue weighted by Gasteiger charge is -2.26. The molecule has 1 saturated heterocycles. The fraction of sp³-hybridized carbons (Fsp3) is 0.400. The summed E-state index contributed by atoms with van der Waals surface area (Å²) in [5.74, 6) is 0.343. The van der Waals surface area contributed by atoms with Gasteiger partial charge in [0.2, 0.25) is 15.9 Å². The molecule has 3 rings (SSSR count). The van der Waals surface area contributed by atoms with Crippen LogP contribution in [-0.2, 0) is 19.6 Å². The van der Waals surface area contributed by atoms with Gasteiger partial charge in [-0.05, 0) is 43.2 Å². The second-order valence-corrected chi connectivity index (χ2v) is 9.03. The highest BCUT2D eigenvalue weighted by Crippen LogP contribution is 2.19. The maximum atomic E-state index is 12.7. The second-order valence-electron chi connectivity index (χ2n) is 7.09. The number of carbonyl (C=O) groups excluding carboxylic acids is 1. The molecule has 1 aromatic carbocycles. The normalized spacial score (nSPS) is 15.1.